The summed E-state index contributed by atoms with van der Waals surface area (Å²) in [7, 11) is 0. The summed E-state index contributed by atoms with van der Waals surface area (Å²) in [4.78, 5) is 8.90. The Hall–Kier alpha value is -2.72. The Bertz CT molecular complexity index is 1090. The summed E-state index contributed by atoms with van der Waals surface area (Å²) in [6, 6.07) is 11.1. The third-order valence-corrected chi connectivity index (χ3v) is 6.62. The zero-order chi connectivity index (χ0) is 23.8. The molecule has 3 atom stereocenters. The molecule has 0 spiro atoms. The summed E-state index contributed by atoms with van der Waals surface area (Å²) in [6.45, 7) is 0.979. The number of carboxylic acids is 1. The van der Waals surface area contributed by atoms with E-state index in [1.165, 1.54) is 22.4 Å². The first-order valence-electron chi connectivity index (χ1n) is 10.3. The SMILES string of the molecule is NCCc1ccc2c(c1)C1C=CCC1C(c1cc3c(cc1Br)OCO3)N2.O=C(O)C(F)(F)F. The van der Waals surface area contributed by atoms with Crippen molar-refractivity contribution in [2.75, 3.05) is 18.7 Å². The van der Waals surface area contributed by atoms with Gasteiger partial charge in [0.2, 0.25) is 6.79 Å². The average Bonchev–Trinajstić information content (AvgIpc) is 3.42. The first-order valence-corrected chi connectivity index (χ1v) is 11.1. The Balaban J connectivity index is 0.000000325. The molecule has 176 valence electrons. The lowest BCUT2D eigenvalue weighted by Gasteiger charge is -2.38. The average molecular weight is 527 g/mol. The molecular weight excluding hydrogens is 505 g/mol. The molecule has 33 heavy (non-hydrogen) atoms. The number of hydrogen-bond acceptors (Lipinski definition) is 5. The fourth-order valence-electron chi connectivity index (χ4n) is 4.45. The number of carboxylic acid groups (broad SMARTS) is 1. The number of rotatable bonds is 3. The van der Waals surface area contributed by atoms with Gasteiger partial charge in [0, 0.05) is 16.1 Å². The maximum absolute atomic E-state index is 10.6. The minimum Gasteiger partial charge on any atom is -0.475 e. The number of ether oxygens (including phenoxy) is 2. The number of alkyl halides is 3. The zero-order valence-electron chi connectivity index (χ0n) is 17.4. The molecule has 0 amide bonds. The van der Waals surface area contributed by atoms with Crippen LogP contribution in [0.15, 0.2) is 47.0 Å². The molecule has 2 aromatic carbocycles. The lowest BCUT2D eigenvalue weighted by atomic mass is 9.76. The van der Waals surface area contributed by atoms with Gasteiger partial charge >= 0.3 is 12.1 Å². The van der Waals surface area contributed by atoms with Crippen LogP contribution in [0.25, 0.3) is 0 Å². The van der Waals surface area contributed by atoms with E-state index in [0.717, 1.165) is 28.8 Å². The van der Waals surface area contributed by atoms with E-state index in [0.29, 0.717) is 25.2 Å². The molecule has 2 aromatic rings. The number of nitrogens with one attached hydrogen (secondary N) is 1. The number of nitrogens with two attached hydrogens (primary N) is 1. The van der Waals surface area contributed by atoms with Gasteiger partial charge < -0.3 is 25.6 Å². The molecule has 3 aliphatic rings. The van der Waals surface area contributed by atoms with Crippen molar-refractivity contribution in [2.24, 2.45) is 11.7 Å². The number of benzene rings is 2. The van der Waals surface area contributed by atoms with Crippen molar-refractivity contribution < 1.29 is 32.5 Å². The first kappa shape index (κ1) is 23.4. The highest BCUT2D eigenvalue weighted by molar-refractivity contribution is 9.10. The van der Waals surface area contributed by atoms with Crippen LogP contribution in [0.2, 0.25) is 0 Å². The normalized spacial score (nSPS) is 22.0. The molecule has 6 nitrogen and oxygen atoms in total. The number of fused-ring (bicyclic) bond motifs is 4. The molecule has 5 rings (SSSR count). The van der Waals surface area contributed by atoms with Gasteiger partial charge in [0.05, 0.1) is 6.04 Å². The Morgan fingerprint density at radius 3 is 2.55 bits per heavy atom. The number of halogens is 4. The van der Waals surface area contributed by atoms with E-state index in [1.807, 2.05) is 6.07 Å². The van der Waals surface area contributed by atoms with Gasteiger partial charge in [0.15, 0.2) is 11.5 Å². The smallest absolute Gasteiger partial charge is 0.475 e. The molecule has 3 unspecified atom stereocenters. The van der Waals surface area contributed by atoms with Crippen molar-refractivity contribution in [1.29, 1.82) is 0 Å². The van der Waals surface area contributed by atoms with Crippen molar-refractivity contribution in [2.45, 2.75) is 31.0 Å². The van der Waals surface area contributed by atoms with Crippen molar-refractivity contribution >= 4 is 27.6 Å². The Kier molecular flexibility index (Phi) is 6.58. The number of carbonyl (C=O) groups is 1. The minimum atomic E-state index is -5.08. The van der Waals surface area contributed by atoms with Crippen LogP contribution in [0.4, 0.5) is 18.9 Å². The third-order valence-electron chi connectivity index (χ3n) is 5.93. The van der Waals surface area contributed by atoms with Gasteiger partial charge in [0.1, 0.15) is 0 Å². The largest absolute Gasteiger partial charge is 0.490 e. The second-order valence-corrected chi connectivity index (χ2v) is 8.82. The summed E-state index contributed by atoms with van der Waals surface area (Å²) in [6.07, 6.45) is 1.59. The molecule has 2 aliphatic heterocycles. The van der Waals surface area contributed by atoms with E-state index < -0.39 is 12.1 Å². The maximum atomic E-state index is 10.6. The molecule has 0 bridgehead atoms. The maximum Gasteiger partial charge on any atom is 0.490 e. The minimum absolute atomic E-state index is 0.228. The molecule has 4 N–H and O–H groups in total. The van der Waals surface area contributed by atoms with Gasteiger partial charge in [0.25, 0.3) is 0 Å². The summed E-state index contributed by atoms with van der Waals surface area (Å²) in [5, 5.41) is 10.9. The summed E-state index contributed by atoms with van der Waals surface area (Å²) in [5.74, 6) is -0.188. The fourth-order valence-corrected chi connectivity index (χ4v) is 5.01. The number of aliphatic carboxylic acids is 1. The highest BCUT2D eigenvalue weighted by Gasteiger charge is 2.39. The number of allylic oxidation sites excluding steroid dienone is 2. The molecule has 0 saturated heterocycles. The van der Waals surface area contributed by atoms with Crippen molar-refractivity contribution in [1.82, 2.24) is 0 Å². The molecule has 10 heteroatoms. The van der Waals surface area contributed by atoms with Gasteiger partial charge in [-0.25, -0.2) is 4.79 Å². The van der Waals surface area contributed by atoms with E-state index in [4.69, 9.17) is 25.1 Å². The van der Waals surface area contributed by atoms with Crippen molar-refractivity contribution in [3.8, 4) is 11.5 Å². The van der Waals surface area contributed by atoms with E-state index in [1.54, 1.807) is 0 Å². The van der Waals surface area contributed by atoms with Crippen LogP contribution in [0.3, 0.4) is 0 Å². The lowest BCUT2D eigenvalue weighted by Crippen LogP contribution is -2.29. The second kappa shape index (κ2) is 9.26. The molecule has 0 radical (unpaired) electrons. The van der Waals surface area contributed by atoms with Crippen molar-refractivity contribution in [3.05, 3.63) is 63.6 Å². The standard InChI is InChI=1S/C21H21BrN2O2.C2HF3O2/c22-17-10-20-19(25-11-26-20)9-16(17)21-14-3-1-2-13(14)15-8-12(6-7-23)4-5-18(15)24-21;3-2(4,5)1(6)7/h1-2,4-5,8-10,13-14,21,24H,3,6-7,11,23H2;(H,6,7). The molecule has 0 saturated carbocycles. The summed E-state index contributed by atoms with van der Waals surface area (Å²) < 4.78 is 43.9. The van der Waals surface area contributed by atoms with E-state index in [2.05, 4.69) is 57.7 Å². The second-order valence-electron chi connectivity index (χ2n) is 7.97. The van der Waals surface area contributed by atoms with Crippen molar-refractivity contribution in [3.63, 3.8) is 0 Å². The number of anilines is 1. The third kappa shape index (κ3) is 4.81. The Morgan fingerprint density at radius 1 is 1.18 bits per heavy atom. The van der Waals surface area contributed by atoms with Gasteiger partial charge in [-0.15, -0.1) is 0 Å². The highest BCUT2D eigenvalue weighted by atomic mass is 79.9. The van der Waals surface area contributed by atoms with Crippen LogP contribution in [0, 0.1) is 5.92 Å². The van der Waals surface area contributed by atoms with Crippen LogP contribution < -0.4 is 20.5 Å². The number of hydrogen-bond donors (Lipinski definition) is 3. The van der Waals surface area contributed by atoms with Crippen LogP contribution in [-0.2, 0) is 11.2 Å². The van der Waals surface area contributed by atoms with Gasteiger partial charge in [-0.1, -0.05) is 40.2 Å². The lowest BCUT2D eigenvalue weighted by molar-refractivity contribution is -0.192. The van der Waals surface area contributed by atoms with Crippen LogP contribution in [-0.4, -0.2) is 30.6 Å². The molecule has 2 heterocycles. The molecule has 0 fully saturated rings. The fraction of sp³-hybridized carbons (Fsp3) is 0.348. The molecule has 0 aromatic heterocycles. The quantitative estimate of drug-likeness (QED) is 0.479. The van der Waals surface area contributed by atoms with E-state index >= 15 is 0 Å². The first-order chi connectivity index (χ1) is 15.7. The van der Waals surface area contributed by atoms with Gasteiger partial charge in [-0.2, -0.15) is 13.2 Å². The van der Waals surface area contributed by atoms with Gasteiger partial charge in [-0.3, -0.25) is 0 Å². The molecular formula is C23H22BrF3N2O4. The van der Waals surface area contributed by atoms with Gasteiger partial charge in [-0.05, 0) is 60.2 Å². The summed E-state index contributed by atoms with van der Waals surface area (Å²) >= 11 is 3.74. The van der Waals surface area contributed by atoms with E-state index in [-0.39, 0.29) is 6.04 Å². The Morgan fingerprint density at radius 2 is 1.88 bits per heavy atom. The highest BCUT2D eigenvalue weighted by Crippen LogP contribution is 2.52. The predicted molar refractivity (Wildman–Crippen MR) is 120 cm³/mol. The Labute approximate surface area is 196 Å². The van der Waals surface area contributed by atoms with Crippen LogP contribution in [0.1, 0.15) is 35.1 Å². The van der Waals surface area contributed by atoms with E-state index in [9.17, 15) is 13.2 Å². The van der Waals surface area contributed by atoms with Crippen LogP contribution in [0.5, 0.6) is 11.5 Å². The zero-order valence-corrected chi connectivity index (χ0v) is 18.9. The molecule has 1 aliphatic carbocycles. The van der Waals surface area contributed by atoms with Crippen LogP contribution >= 0.6 is 15.9 Å². The monoisotopic (exact) mass is 526 g/mol. The summed E-state index contributed by atoms with van der Waals surface area (Å²) in [5.41, 5.74) is 10.9. The topological polar surface area (TPSA) is 93.8 Å². The predicted octanol–water partition coefficient (Wildman–Crippen LogP) is 5.14.